The van der Waals surface area contributed by atoms with Crippen molar-refractivity contribution in [2.75, 3.05) is 13.7 Å². The van der Waals surface area contributed by atoms with Gasteiger partial charge in [0.1, 0.15) is 6.04 Å². The molecular weight excluding hydrogens is 363 g/mol. The maximum absolute atomic E-state index is 14.1. The molecule has 1 aromatic rings. The number of benzene rings is 1. The van der Waals surface area contributed by atoms with Crippen LogP contribution in [0.5, 0.6) is 5.75 Å². The lowest BCUT2D eigenvalue weighted by Crippen LogP contribution is -2.45. The molecule has 0 saturated heterocycles. The summed E-state index contributed by atoms with van der Waals surface area (Å²) < 4.78 is 18.9. The van der Waals surface area contributed by atoms with Crippen molar-refractivity contribution in [1.29, 1.82) is 0 Å². The van der Waals surface area contributed by atoms with Crippen LogP contribution in [0.25, 0.3) is 0 Å². The van der Waals surface area contributed by atoms with E-state index in [1.165, 1.54) is 13.2 Å². The summed E-state index contributed by atoms with van der Waals surface area (Å²) in [7, 11) is 1.39. The van der Waals surface area contributed by atoms with Crippen molar-refractivity contribution >= 4 is 11.9 Å². The minimum atomic E-state index is -0.812. The second-order valence-corrected chi connectivity index (χ2v) is 8.10. The van der Waals surface area contributed by atoms with Gasteiger partial charge >= 0.3 is 5.97 Å². The lowest BCUT2D eigenvalue weighted by Gasteiger charge is -2.35. The first-order chi connectivity index (χ1) is 13.3. The first-order valence-electron chi connectivity index (χ1n) is 9.95. The summed E-state index contributed by atoms with van der Waals surface area (Å²) in [6.07, 6.45) is 4.04. The van der Waals surface area contributed by atoms with E-state index in [9.17, 15) is 19.1 Å². The molecule has 2 aliphatic rings. The van der Waals surface area contributed by atoms with E-state index in [0.717, 1.165) is 25.7 Å². The standard InChI is InChI=1S/C21H29FN2O4/c1-12(23-13(2)21(27)28-3)15-6-4-14(5-7-15)10-24-11-16-8-9-17(25)19(22)18(16)20(24)26/h8-9,12-15,23,25H,4-7,10-11H2,1-3H3/t12?,13-,14?,15?/m0/s1. The Balaban J connectivity index is 1.51. The molecule has 7 heteroatoms. The third kappa shape index (κ3) is 4.14. The fourth-order valence-corrected chi connectivity index (χ4v) is 4.51. The smallest absolute Gasteiger partial charge is 0.322 e. The minimum absolute atomic E-state index is 0.0170. The molecule has 2 N–H and O–H groups in total. The number of esters is 1. The lowest BCUT2D eigenvalue weighted by atomic mass is 9.78. The summed E-state index contributed by atoms with van der Waals surface area (Å²) in [5, 5.41) is 12.8. The van der Waals surface area contributed by atoms with Gasteiger partial charge in [-0.2, -0.15) is 0 Å². The third-order valence-electron chi connectivity index (χ3n) is 6.21. The van der Waals surface area contributed by atoms with Crippen molar-refractivity contribution in [3.05, 3.63) is 29.1 Å². The molecule has 6 nitrogen and oxygen atoms in total. The van der Waals surface area contributed by atoms with Crippen LogP contribution in [0, 0.1) is 17.7 Å². The summed E-state index contributed by atoms with van der Waals surface area (Å²) in [5.74, 6) is -1.01. The SMILES string of the molecule is COC(=O)[C@H](C)NC(C)C1CCC(CN2Cc3ccc(O)c(F)c3C2=O)CC1. The van der Waals surface area contributed by atoms with Crippen LogP contribution in [0.2, 0.25) is 0 Å². The Morgan fingerprint density at radius 3 is 2.64 bits per heavy atom. The molecule has 0 aromatic heterocycles. The molecule has 1 heterocycles. The van der Waals surface area contributed by atoms with Crippen LogP contribution in [-0.4, -0.2) is 47.6 Å². The zero-order valence-electron chi connectivity index (χ0n) is 16.7. The van der Waals surface area contributed by atoms with Crippen LogP contribution in [0.15, 0.2) is 12.1 Å². The van der Waals surface area contributed by atoms with Crippen LogP contribution in [0.1, 0.15) is 55.5 Å². The Bertz CT molecular complexity index is 746. The van der Waals surface area contributed by atoms with Crippen molar-refractivity contribution in [2.45, 2.75) is 58.2 Å². The van der Waals surface area contributed by atoms with Gasteiger partial charge in [-0.25, -0.2) is 4.39 Å². The number of rotatable bonds is 6. The van der Waals surface area contributed by atoms with Crippen LogP contribution < -0.4 is 5.32 Å². The largest absolute Gasteiger partial charge is 0.505 e. The average molecular weight is 392 g/mol. The van der Waals surface area contributed by atoms with Gasteiger partial charge in [-0.15, -0.1) is 0 Å². The van der Waals surface area contributed by atoms with E-state index in [2.05, 4.69) is 12.2 Å². The Labute approximate surface area is 165 Å². The molecule has 154 valence electrons. The number of nitrogens with zero attached hydrogens (tertiary/aromatic N) is 1. The Morgan fingerprint density at radius 2 is 2.00 bits per heavy atom. The molecule has 0 radical (unpaired) electrons. The summed E-state index contributed by atoms with van der Waals surface area (Å²) in [5.41, 5.74) is 0.659. The van der Waals surface area contributed by atoms with Gasteiger partial charge in [0.15, 0.2) is 11.6 Å². The molecule has 28 heavy (non-hydrogen) atoms. The predicted molar refractivity (Wildman–Crippen MR) is 102 cm³/mol. The van der Waals surface area contributed by atoms with Crippen LogP contribution >= 0.6 is 0 Å². The van der Waals surface area contributed by atoms with Crippen molar-refractivity contribution in [3.8, 4) is 5.75 Å². The third-order valence-corrected chi connectivity index (χ3v) is 6.21. The number of aromatic hydroxyl groups is 1. The zero-order valence-corrected chi connectivity index (χ0v) is 16.7. The van der Waals surface area contributed by atoms with Gasteiger partial charge in [0.2, 0.25) is 0 Å². The highest BCUT2D eigenvalue weighted by Crippen LogP contribution is 2.35. The number of nitrogens with one attached hydrogen (secondary N) is 1. The van der Waals surface area contributed by atoms with Gasteiger partial charge in [-0.05, 0) is 63.0 Å². The summed E-state index contributed by atoms with van der Waals surface area (Å²) in [4.78, 5) is 25.8. The number of carbonyl (C=O) groups excluding carboxylic acids is 2. The number of fused-ring (bicyclic) bond motifs is 1. The van der Waals surface area contributed by atoms with E-state index < -0.39 is 11.6 Å². The highest BCUT2D eigenvalue weighted by molar-refractivity contribution is 5.99. The number of hydrogen-bond acceptors (Lipinski definition) is 5. The minimum Gasteiger partial charge on any atom is -0.505 e. The molecule has 2 atom stereocenters. The second-order valence-electron chi connectivity index (χ2n) is 8.10. The number of ether oxygens (including phenoxy) is 1. The van der Waals surface area contributed by atoms with Crippen molar-refractivity contribution in [3.63, 3.8) is 0 Å². The fourth-order valence-electron chi connectivity index (χ4n) is 4.51. The number of phenols is 1. The normalized spacial score (nSPS) is 24.0. The maximum atomic E-state index is 14.1. The van der Waals surface area contributed by atoms with Crippen molar-refractivity contribution in [2.24, 2.45) is 11.8 Å². The molecule has 1 aromatic carbocycles. The molecule has 0 bridgehead atoms. The monoisotopic (exact) mass is 392 g/mol. The zero-order chi connectivity index (χ0) is 20.4. The van der Waals surface area contributed by atoms with Crippen molar-refractivity contribution in [1.82, 2.24) is 10.2 Å². The quantitative estimate of drug-likeness (QED) is 0.728. The molecule has 0 spiro atoms. The van der Waals surface area contributed by atoms with Gasteiger partial charge in [-0.1, -0.05) is 6.07 Å². The van der Waals surface area contributed by atoms with Crippen LogP contribution in [0.4, 0.5) is 4.39 Å². The summed E-state index contributed by atoms with van der Waals surface area (Å²) in [6.45, 7) is 4.92. The maximum Gasteiger partial charge on any atom is 0.322 e. The van der Waals surface area contributed by atoms with Gasteiger partial charge in [0, 0.05) is 19.1 Å². The van der Waals surface area contributed by atoms with E-state index in [-0.39, 0.29) is 29.5 Å². The van der Waals surface area contributed by atoms with E-state index >= 15 is 0 Å². The summed E-state index contributed by atoms with van der Waals surface area (Å²) >= 11 is 0. The van der Waals surface area contributed by atoms with Crippen LogP contribution in [-0.2, 0) is 16.1 Å². The number of phenolic OH excluding ortho intramolecular Hbond substituents is 1. The van der Waals surface area contributed by atoms with Gasteiger partial charge in [-0.3, -0.25) is 9.59 Å². The van der Waals surface area contributed by atoms with Crippen LogP contribution in [0.3, 0.4) is 0 Å². The molecule has 1 amide bonds. The molecule has 3 rings (SSSR count). The van der Waals surface area contributed by atoms with E-state index in [4.69, 9.17) is 4.74 Å². The Morgan fingerprint density at radius 1 is 1.32 bits per heavy atom. The number of methoxy groups -OCH3 is 1. The number of hydrogen-bond donors (Lipinski definition) is 2. The first kappa shape index (κ1) is 20.6. The topological polar surface area (TPSA) is 78.9 Å². The second kappa shape index (κ2) is 8.47. The van der Waals surface area contributed by atoms with Gasteiger partial charge in [0.05, 0.1) is 12.7 Å². The average Bonchev–Trinajstić information content (AvgIpc) is 3.00. The lowest BCUT2D eigenvalue weighted by molar-refractivity contribution is -0.142. The number of carbonyl (C=O) groups is 2. The van der Waals surface area contributed by atoms with Gasteiger partial charge in [0.25, 0.3) is 5.91 Å². The number of amides is 1. The molecule has 1 aliphatic heterocycles. The molecule has 1 unspecified atom stereocenters. The number of halogens is 1. The van der Waals surface area contributed by atoms with E-state index in [1.807, 2.05) is 6.92 Å². The molecule has 1 aliphatic carbocycles. The predicted octanol–water partition coefficient (Wildman–Crippen LogP) is 2.83. The van der Waals surface area contributed by atoms with Gasteiger partial charge < -0.3 is 20.1 Å². The summed E-state index contributed by atoms with van der Waals surface area (Å²) in [6, 6.07) is 2.81. The Kier molecular flexibility index (Phi) is 6.23. The molecule has 1 saturated carbocycles. The van der Waals surface area contributed by atoms with E-state index in [0.29, 0.717) is 30.5 Å². The highest BCUT2D eigenvalue weighted by atomic mass is 19.1. The fraction of sp³-hybridized carbons (Fsp3) is 0.619. The molecular formula is C21H29FN2O4. The first-order valence-corrected chi connectivity index (χ1v) is 9.95. The molecule has 1 fully saturated rings. The van der Waals surface area contributed by atoms with Crippen molar-refractivity contribution < 1.29 is 23.8 Å². The highest BCUT2D eigenvalue weighted by Gasteiger charge is 2.34. The Hall–Kier alpha value is -2.15. The van der Waals surface area contributed by atoms with E-state index in [1.54, 1.807) is 11.0 Å².